The normalized spacial score (nSPS) is 13.8. The van der Waals surface area contributed by atoms with E-state index in [2.05, 4.69) is 157 Å². The Balaban J connectivity index is 0.953. The van der Waals surface area contributed by atoms with Crippen molar-refractivity contribution in [3.8, 4) is 33.8 Å². The number of para-hydroxylation sites is 6. The van der Waals surface area contributed by atoms with Crippen LogP contribution in [0.25, 0.3) is 44.1 Å². The van der Waals surface area contributed by atoms with Crippen molar-refractivity contribution in [1.82, 2.24) is 9.97 Å². The molecule has 0 saturated carbocycles. The molecule has 0 fully saturated rings. The molecule has 0 radical (unpaired) electrons. The maximum absolute atomic E-state index is 6.25. The van der Waals surface area contributed by atoms with Gasteiger partial charge in [0.2, 0.25) is 0 Å². The molecule has 7 aromatic carbocycles. The Labute approximate surface area is 325 Å². The van der Waals surface area contributed by atoms with Crippen molar-refractivity contribution in [3.05, 3.63) is 193 Å². The van der Waals surface area contributed by atoms with Crippen LogP contribution in [-0.4, -0.2) is 9.97 Å². The van der Waals surface area contributed by atoms with Gasteiger partial charge in [-0.2, -0.15) is 0 Å². The minimum Gasteiger partial charge on any atom is -0.453 e. The number of hydrogen-bond donors (Lipinski definition) is 0. The molecular weight excluding hydrogens is 685 g/mol. The van der Waals surface area contributed by atoms with E-state index in [0.717, 1.165) is 78.3 Å². The van der Waals surface area contributed by atoms with Crippen molar-refractivity contribution in [2.75, 3.05) is 9.80 Å². The van der Waals surface area contributed by atoms with Crippen LogP contribution in [0.1, 0.15) is 25.0 Å². The van der Waals surface area contributed by atoms with Crippen molar-refractivity contribution in [2.45, 2.75) is 19.3 Å². The van der Waals surface area contributed by atoms with Gasteiger partial charge in [0.1, 0.15) is 0 Å². The highest BCUT2D eigenvalue weighted by Gasteiger charge is 2.36. The summed E-state index contributed by atoms with van der Waals surface area (Å²) in [6.45, 7) is 4.64. The van der Waals surface area contributed by atoms with Gasteiger partial charge >= 0.3 is 0 Å². The number of nitrogens with zero attached hydrogens (tertiary/aromatic N) is 4. The van der Waals surface area contributed by atoms with Crippen molar-refractivity contribution >= 4 is 55.9 Å². The topological polar surface area (TPSA) is 41.5 Å². The van der Waals surface area contributed by atoms with Crippen molar-refractivity contribution in [3.63, 3.8) is 0 Å². The van der Waals surface area contributed by atoms with Gasteiger partial charge in [-0.3, -0.25) is 9.97 Å². The fourth-order valence-corrected chi connectivity index (χ4v) is 8.84. The van der Waals surface area contributed by atoms with Crippen LogP contribution in [0.3, 0.4) is 0 Å². The predicted octanol–water partition coefficient (Wildman–Crippen LogP) is 13.8. The van der Waals surface area contributed by atoms with Crippen LogP contribution >= 0.6 is 0 Å². The lowest BCUT2D eigenvalue weighted by Crippen LogP contribution is -2.30. The third kappa shape index (κ3) is 4.87. The number of aromatic nitrogens is 2. The van der Waals surface area contributed by atoms with Crippen molar-refractivity contribution in [1.29, 1.82) is 0 Å². The Morgan fingerprint density at radius 1 is 0.411 bits per heavy atom. The number of anilines is 6. The van der Waals surface area contributed by atoms with E-state index in [4.69, 9.17) is 14.7 Å². The van der Waals surface area contributed by atoms with Gasteiger partial charge in [0.25, 0.3) is 0 Å². The largest absolute Gasteiger partial charge is 0.453 e. The standard InChI is InChI=1S/C51H36N4O/c1-51(2)41-11-3-5-13-43(41)54(44-14-6-4-12-42(44)51)35-23-19-33(20-24-35)37-29-31-52-49-39(37)27-28-40-38(30-32-53-50(40)49)34-21-25-36(26-22-34)55-45-15-7-9-17-47(45)56-48-18-10-8-16-46(48)55/h3-32H,1-2H3. The molecule has 4 heterocycles. The summed E-state index contributed by atoms with van der Waals surface area (Å²) in [6, 6.07) is 60.2. The van der Waals surface area contributed by atoms with Gasteiger partial charge in [0.15, 0.2) is 11.5 Å². The first-order valence-corrected chi connectivity index (χ1v) is 19.1. The molecule has 0 spiro atoms. The monoisotopic (exact) mass is 720 g/mol. The first kappa shape index (κ1) is 32.2. The molecule has 2 aromatic heterocycles. The van der Waals surface area contributed by atoms with Crippen LogP contribution in [0.2, 0.25) is 0 Å². The molecule has 266 valence electrons. The maximum Gasteiger partial charge on any atom is 0.151 e. The van der Waals surface area contributed by atoms with Crippen LogP contribution in [-0.2, 0) is 5.41 Å². The molecule has 5 heteroatoms. The Morgan fingerprint density at radius 3 is 1.27 bits per heavy atom. The summed E-state index contributed by atoms with van der Waals surface area (Å²) in [5, 5.41) is 2.15. The fraction of sp³-hybridized carbons (Fsp3) is 0.0588. The number of rotatable bonds is 4. The molecule has 5 nitrogen and oxygen atoms in total. The van der Waals surface area contributed by atoms with Crippen LogP contribution in [0, 0.1) is 0 Å². The van der Waals surface area contributed by atoms with E-state index >= 15 is 0 Å². The van der Waals surface area contributed by atoms with E-state index in [-0.39, 0.29) is 5.41 Å². The van der Waals surface area contributed by atoms with Crippen LogP contribution in [0.15, 0.2) is 182 Å². The van der Waals surface area contributed by atoms with E-state index in [1.54, 1.807) is 0 Å². The maximum atomic E-state index is 6.25. The van der Waals surface area contributed by atoms with Crippen LogP contribution in [0.4, 0.5) is 34.1 Å². The second kappa shape index (κ2) is 12.4. The third-order valence-electron chi connectivity index (χ3n) is 11.6. The quantitative estimate of drug-likeness (QED) is 0.169. The smallest absolute Gasteiger partial charge is 0.151 e. The highest BCUT2D eigenvalue weighted by Crippen LogP contribution is 2.52. The number of fused-ring (bicyclic) bond motifs is 7. The van der Waals surface area contributed by atoms with Gasteiger partial charge in [-0.15, -0.1) is 0 Å². The minimum atomic E-state index is -0.0948. The van der Waals surface area contributed by atoms with E-state index in [1.165, 1.54) is 22.5 Å². The molecule has 0 bridgehead atoms. The zero-order chi connectivity index (χ0) is 37.4. The molecule has 0 unspecified atom stereocenters. The number of ether oxygens (including phenoxy) is 1. The molecule has 9 aromatic rings. The number of pyridine rings is 2. The fourth-order valence-electron chi connectivity index (χ4n) is 8.84. The summed E-state index contributed by atoms with van der Waals surface area (Å²) < 4.78 is 6.25. The summed E-state index contributed by atoms with van der Waals surface area (Å²) in [5.74, 6) is 1.68. The van der Waals surface area contributed by atoms with Gasteiger partial charge in [0, 0.05) is 40.0 Å². The first-order chi connectivity index (χ1) is 27.5. The molecule has 0 N–H and O–H groups in total. The summed E-state index contributed by atoms with van der Waals surface area (Å²) in [5.41, 5.74) is 15.5. The van der Waals surface area contributed by atoms with E-state index < -0.39 is 0 Å². The molecule has 0 saturated heterocycles. The Morgan fingerprint density at radius 2 is 0.804 bits per heavy atom. The average molecular weight is 721 g/mol. The van der Waals surface area contributed by atoms with Gasteiger partial charge in [0.05, 0.1) is 33.8 Å². The van der Waals surface area contributed by atoms with E-state index in [0.29, 0.717) is 0 Å². The summed E-state index contributed by atoms with van der Waals surface area (Å²) in [4.78, 5) is 14.5. The van der Waals surface area contributed by atoms with Gasteiger partial charge in [-0.1, -0.05) is 111 Å². The zero-order valence-corrected chi connectivity index (χ0v) is 31.0. The first-order valence-electron chi connectivity index (χ1n) is 19.1. The Bertz CT molecular complexity index is 2890. The SMILES string of the molecule is CC1(C)c2ccccc2N(c2ccc(-c3ccnc4c3ccc3c(-c5ccc(N6c7ccccc7Oc7ccccc76)cc5)ccnc34)cc2)c2ccccc21. The molecule has 11 rings (SSSR count). The molecule has 2 aliphatic heterocycles. The molecular formula is C51H36N4O. The van der Waals surface area contributed by atoms with Crippen LogP contribution in [0.5, 0.6) is 11.5 Å². The van der Waals surface area contributed by atoms with Gasteiger partial charge < -0.3 is 14.5 Å². The van der Waals surface area contributed by atoms with E-state index in [1.807, 2.05) is 48.8 Å². The third-order valence-corrected chi connectivity index (χ3v) is 11.6. The molecule has 2 aliphatic rings. The second-order valence-corrected chi connectivity index (χ2v) is 15.0. The summed E-state index contributed by atoms with van der Waals surface area (Å²) >= 11 is 0. The molecule has 0 amide bonds. The predicted molar refractivity (Wildman–Crippen MR) is 229 cm³/mol. The lowest BCUT2D eigenvalue weighted by molar-refractivity contribution is 0.477. The van der Waals surface area contributed by atoms with Crippen molar-refractivity contribution in [2.24, 2.45) is 0 Å². The molecule has 0 aliphatic carbocycles. The molecule has 56 heavy (non-hydrogen) atoms. The van der Waals surface area contributed by atoms with Gasteiger partial charge in [-0.25, -0.2) is 0 Å². The summed E-state index contributed by atoms with van der Waals surface area (Å²) in [6.07, 6.45) is 3.81. The van der Waals surface area contributed by atoms with Crippen molar-refractivity contribution < 1.29 is 4.74 Å². The Kier molecular flexibility index (Phi) is 7.13. The number of benzene rings is 7. The highest BCUT2D eigenvalue weighted by molar-refractivity contribution is 6.11. The Hall–Kier alpha value is -7.24. The average Bonchev–Trinajstić information content (AvgIpc) is 3.25. The van der Waals surface area contributed by atoms with E-state index in [9.17, 15) is 0 Å². The second-order valence-electron chi connectivity index (χ2n) is 15.0. The lowest BCUT2D eigenvalue weighted by atomic mass is 9.73. The lowest BCUT2D eigenvalue weighted by Gasteiger charge is -2.42. The van der Waals surface area contributed by atoms with Crippen LogP contribution < -0.4 is 14.5 Å². The summed E-state index contributed by atoms with van der Waals surface area (Å²) in [7, 11) is 0. The highest BCUT2D eigenvalue weighted by atomic mass is 16.5. The molecule has 0 atom stereocenters. The zero-order valence-electron chi connectivity index (χ0n) is 31.0. The minimum absolute atomic E-state index is 0.0948. The van der Waals surface area contributed by atoms with Gasteiger partial charge in [-0.05, 0) is 106 Å². The number of hydrogen-bond acceptors (Lipinski definition) is 5.